The zero-order valence-corrected chi connectivity index (χ0v) is 43.9. The fourth-order valence-corrected chi connectivity index (χ4v) is 7.63. The van der Waals surface area contributed by atoms with Crippen LogP contribution in [0.3, 0.4) is 0 Å². The molecule has 0 aromatic carbocycles. The largest absolute Gasteiger partial charge is 0.462 e. The van der Waals surface area contributed by atoms with Crippen LogP contribution in [0.4, 0.5) is 0 Å². The number of carbonyl (C=O) groups excluding carboxylic acids is 3. The third-order valence-electron chi connectivity index (χ3n) is 11.9. The summed E-state index contributed by atoms with van der Waals surface area (Å²) >= 11 is 0. The van der Waals surface area contributed by atoms with Crippen LogP contribution >= 0.6 is 0 Å². The standard InChI is InChI=1S/C61H104O6/c1-4-7-10-13-16-19-22-24-26-28-29-30-31-33-35-37-40-43-46-49-52-55-61(64)67-58(56-65-59(62)53-50-47-44-41-38-21-18-15-12-9-6-3)57-66-60(63)54-51-48-45-42-39-36-34-32-27-25-23-20-17-14-11-8-5-2/h8,11,15,17-18,20,24-27,34,36,42,45,58H,4-7,9-10,12-14,16,19,21-23,28-33,35,37-41,43-44,46-57H2,1-3H3/b11-8-,18-15-,20-17-,26-24-,27-25-,36-34-,45-42-/t58-/m0/s1. The predicted octanol–water partition coefficient (Wildman–Crippen LogP) is 18.8. The Bertz CT molecular complexity index is 1300. The van der Waals surface area contributed by atoms with Gasteiger partial charge < -0.3 is 14.2 Å². The first kappa shape index (κ1) is 63.6. The number of ether oxygens (including phenoxy) is 3. The van der Waals surface area contributed by atoms with Gasteiger partial charge in [0.25, 0.3) is 0 Å². The van der Waals surface area contributed by atoms with Gasteiger partial charge >= 0.3 is 17.9 Å². The van der Waals surface area contributed by atoms with E-state index in [0.29, 0.717) is 19.3 Å². The molecule has 0 rings (SSSR count). The van der Waals surface area contributed by atoms with E-state index < -0.39 is 6.10 Å². The lowest BCUT2D eigenvalue weighted by Crippen LogP contribution is -2.30. The molecule has 0 radical (unpaired) electrons. The minimum atomic E-state index is -0.803. The van der Waals surface area contributed by atoms with E-state index in [1.54, 1.807) is 0 Å². The molecule has 0 fully saturated rings. The van der Waals surface area contributed by atoms with Crippen LogP contribution in [0, 0.1) is 0 Å². The highest BCUT2D eigenvalue weighted by atomic mass is 16.6. The third kappa shape index (κ3) is 53.4. The van der Waals surface area contributed by atoms with Crippen molar-refractivity contribution in [3.05, 3.63) is 85.1 Å². The Kier molecular flexibility index (Phi) is 52.4. The molecule has 0 aliphatic carbocycles. The molecule has 1 atom stereocenters. The highest BCUT2D eigenvalue weighted by molar-refractivity contribution is 5.71. The van der Waals surface area contributed by atoms with E-state index in [1.165, 1.54) is 128 Å². The van der Waals surface area contributed by atoms with E-state index in [1.807, 2.05) is 0 Å². The number of hydrogen-bond acceptors (Lipinski definition) is 6. The molecular formula is C61H104O6. The molecule has 384 valence electrons. The third-order valence-corrected chi connectivity index (χ3v) is 11.9. The Balaban J connectivity index is 4.40. The lowest BCUT2D eigenvalue weighted by atomic mass is 10.0. The van der Waals surface area contributed by atoms with Crippen LogP contribution in [0.5, 0.6) is 0 Å². The van der Waals surface area contributed by atoms with Crippen LogP contribution in [0.15, 0.2) is 85.1 Å². The van der Waals surface area contributed by atoms with E-state index in [4.69, 9.17) is 14.2 Å². The number of rotatable bonds is 50. The summed E-state index contributed by atoms with van der Waals surface area (Å²) in [6.07, 6.45) is 71.5. The molecule has 0 bridgehead atoms. The van der Waals surface area contributed by atoms with Gasteiger partial charge in [0, 0.05) is 19.3 Å². The van der Waals surface area contributed by atoms with E-state index in [2.05, 4.69) is 106 Å². The monoisotopic (exact) mass is 933 g/mol. The van der Waals surface area contributed by atoms with Crippen molar-refractivity contribution in [2.24, 2.45) is 0 Å². The normalized spacial score (nSPS) is 12.7. The summed E-state index contributed by atoms with van der Waals surface area (Å²) in [6, 6.07) is 0. The van der Waals surface area contributed by atoms with Gasteiger partial charge in [0.1, 0.15) is 13.2 Å². The molecule has 0 aromatic heterocycles. The average molecular weight is 933 g/mol. The number of esters is 3. The summed E-state index contributed by atoms with van der Waals surface area (Å²) < 4.78 is 16.8. The predicted molar refractivity (Wildman–Crippen MR) is 288 cm³/mol. The van der Waals surface area contributed by atoms with Gasteiger partial charge in [0.15, 0.2) is 6.10 Å². The molecule has 0 unspecified atom stereocenters. The van der Waals surface area contributed by atoms with E-state index in [-0.39, 0.29) is 37.5 Å². The van der Waals surface area contributed by atoms with Crippen molar-refractivity contribution in [3.8, 4) is 0 Å². The first-order valence-electron chi connectivity index (χ1n) is 28.1. The lowest BCUT2D eigenvalue weighted by Gasteiger charge is -2.18. The molecule has 0 spiro atoms. The molecule has 0 amide bonds. The second-order valence-electron chi connectivity index (χ2n) is 18.5. The summed E-state index contributed by atoms with van der Waals surface area (Å²) in [6.45, 7) is 6.44. The summed E-state index contributed by atoms with van der Waals surface area (Å²) in [7, 11) is 0. The van der Waals surface area contributed by atoms with Gasteiger partial charge in [0.2, 0.25) is 0 Å². The van der Waals surface area contributed by atoms with Crippen LogP contribution in [0.1, 0.15) is 265 Å². The van der Waals surface area contributed by atoms with Gasteiger partial charge in [-0.2, -0.15) is 0 Å². The fourth-order valence-electron chi connectivity index (χ4n) is 7.63. The van der Waals surface area contributed by atoms with Crippen LogP contribution in [-0.2, 0) is 28.6 Å². The molecule has 0 N–H and O–H groups in total. The van der Waals surface area contributed by atoms with Gasteiger partial charge in [0.05, 0.1) is 0 Å². The topological polar surface area (TPSA) is 78.9 Å². The second kappa shape index (κ2) is 55.2. The molecule has 0 aliphatic rings. The maximum atomic E-state index is 12.8. The fraction of sp³-hybridized carbons (Fsp3) is 0.721. The second-order valence-corrected chi connectivity index (χ2v) is 18.5. The number of carbonyl (C=O) groups is 3. The number of hydrogen-bond donors (Lipinski definition) is 0. The molecule has 6 heteroatoms. The first-order valence-corrected chi connectivity index (χ1v) is 28.1. The Morgan fingerprint density at radius 1 is 0.313 bits per heavy atom. The zero-order chi connectivity index (χ0) is 48.6. The number of unbranched alkanes of at least 4 members (excludes halogenated alkanes) is 25. The molecule has 6 nitrogen and oxygen atoms in total. The summed E-state index contributed by atoms with van der Waals surface area (Å²) in [5.74, 6) is -0.966. The maximum absolute atomic E-state index is 12.8. The van der Waals surface area contributed by atoms with Crippen LogP contribution in [0.25, 0.3) is 0 Å². The van der Waals surface area contributed by atoms with Crippen molar-refractivity contribution in [3.63, 3.8) is 0 Å². The zero-order valence-electron chi connectivity index (χ0n) is 43.9. The van der Waals surface area contributed by atoms with Crippen molar-refractivity contribution < 1.29 is 28.6 Å². The summed E-state index contributed by atoms with van der Waals surface area (Å²) in [4.78, 5) is 38.0. The minimum absolute atomic E-state index is 0.0986. The van der Waals surface area contributed by atoms with Gasteiger partial charge in [-0.1, -0.05) is 228 Å². The van der Waals surface area contributed by atoms with Crippen molar-refractivity contribution in [1.82, 2.24) is 0 Å². The van der Waals surface area contributed by atoms with Crippen molar-refractivity contribution >= 4 is 17.9 Å². The quantitative estimate of drug-likeness (QED) is 0.0262. The van der Waals surface area contributed by atoms with Crippen LogP contribution < -0.4 is 0 Å². The Morgan fingerprint density at radius 3 is 1.03 bits per heavy atom. The van der Waals surface area contributed by atoms with Gasteiger partial charge in [-0.3, -0.25) is 14.4 Å². The van der Waals surface area contributed by atoms with Crippen LogP contribution in [-0.4, -0.2) is 37.2 Å². The Morgan fingerprint density at radius 2 is 0.612 bits per heavy atom. The molecular weight excluding hydrogens is 829 g/mol. The van der Waals surface area contributed by atoms with E-state index in [0.717, 1.165) is 89.9 Å². The van der Waals surface area contributed by atoms with Crippen molar-refractivity contribution in [1.29, 1.82) is 0 Å². The molecule has 67 heavy (non-hydrogen) atoms. The Labute approximate surface area is 414 Å². The minimum Gasteiger partial charge on any atom is -0.462 e. The van der Waals surface area contributed by atoms with Gasteiger partial charge in [-0.15, -0.1) is 0 Å². The van der Waals surface area contributed by atoms with Gasteiger partial charge in [-0.05, 0) is 103 Å². The van der Waals surface area contributed by atoms with E-state index in [9.17, 15) is 14.4 Å². The number of allylic oxidation sites excluding steroid dienone is 14. The van der Waals surface area contributed by atoms with Gasteiger partial charge in [-0.25, -0.2) is 0 Å². The molecule has 0 saturated heterocycles. The SMILES string of the molecule is CC/C=C\C/C=C\C/C=C\C/C=C\C/C=C\CCCC(=O)OC[C@H](COC(=O)CCCCCCC/C=C\CCCC)OC(=O)CCCCCCCCCCCCC/C=C\CCCCCCCC. The molecule has 0 aromatic rings. The highest BCUT2D eigenvalue weighted by Gasteiger charge is 2.19. The average Bonchev–Trinajstić information content (AvgIpc) is 3.33. The van der Waals surface area contributed by atoms with Crippen molar-refractivity contribution in [2.75, 3.05) is 13.2 Å². The molecule has 0 saturated carbocycles. The first-order chi connectivity index (χ1) is 33.0. The van der Waals surface area contributed by atoms with Crippen LogP contribution in [0.2, 0.25) is 0 Å². The maximum Gasteiger partial charge on any atom is 0.306 e. The summed E-state index contributed by atoms with van der Waals surface area (Å²) in [5, 5.41) is 0. The van der Waals surface area contributed by atoms with E-state index >= 15 is 0 Å². The molecule has 0 heterocycles. The Hall–Kier alpha value is -3.41. The van der Waals surface area contributed by atoms with Crippen molar-refractivity contribution in [2.45, 2.75) is 271 Å². The lowest BCUT2D eigenvalue weighted by molar-refractivity contribution is -0.167. The highest BCUT2D eigenvalue weighted by Crippen LogP contribution is 2.15. The molecule has 0 aliphatic heterocycles. The smallest absolute Gasteiger partial charge is 0.306 e. The summed E-state index contributed by atoms with van der Waals surface area (Å²) in [5.41, 5.74) is 0.